The summed E-state index contributed by atoms with van der Waals surface area (Å²) in [6.45, 7) is 0.528. The highest BCUT2D eigenvalue weighted by Crippen LogP contribution is 2.23. The van der Waals surface area contributed by atoms with Crippen molar-refractivity contribution < 1.29 is 17.9 Å². The lowest BCUT2D eigenvalue weighted by molar-refractivity contribution is -0.224. The zero-order valence-electron chi connectivity index (χ0n) is 5.24. The molecule has 5 heteroatoms. The van der Waals surface area contributed by atoms with Gasteiger partial charge in [-0.05, 0) is 0 Å². The van der Waals surface area contributed by atoms with E-state index in [0.29, 0.717) is 6.54 Å². The normalized spacial score (nSPS) is 28.5. The third kappa shape index (κ3) is 1.85. The summed E-state index contributed by atoms with van der Waals surface area (Å²) < 4.78 is 39.8. The number of hydrogen-bond donors (Lipinski definition) is 1. The van der Waals surface area contributed by atoms with Gasteiger partial charge in [-0.1, -0.05) is 0 Å². The number of hydrogen-bond acceptors (Lipinski definition) is 2. The first kappa shape index (κ1) is 7.81. The quantitative estimate of drug-likeness (QED) is 0.551. The summed E-state index contributed by atoms with van der Waals surface area (Å²) in [5, 5.41) is 2.60. The Hall–Kier alpha value is -0.290. The molecule has 1 heterocycles. The fourth-order valence-electron chi connectivity index (χ4n) is 0.776. The summed E-state index contributed by atoms with van der Waals surface area (Å²) in [6.07, 6.45) is -5.82. The van der Waals surface area contributed by atoms with Gasteiger partial charge in [-0.25, -0.2) is 0 Å². The van der Waals surface area contributed by atoms with Gasteiger partial charge in [0.2, 0.25) is 0 Å². The van der Waals surface area contributed by atoms with Crippen LogP contribution in [0.5, 0.6) is 0 Å². The molecular formula is C5H8F3NO. The van der Waals surface area contributed by atoms with Gasteiger partial charge in [0.1, 0.15) is 0 Å². The van der Waals surface area contributed by atoms with Crippen LogP contribution in [0.4, 0.5) is 13.2 Å². The molecule has 1 aliphatic rings. The van der Waals surface area contributed by atoms with Gasteiger partial charge in [-0.15, -0.1) is 0 Å². The lowest BCUT2D eigenvalue weighted by Gasteiger charge is -2.25. The van der Waals surface area contributed by atoms with Crippen LogP contribution < -0.4 is 5.32 Å². The van der Waals surface area contributed by atoms with Crippen molar-refractivity contribution in [3.05, 3.63) is 0 Å². The molecular weight excluding hydrogens is 147 g/mol. The van der Waals surface area contributed by atoms with Crippen LogP contribution in [0.1, 0.15) is 0 Å². The maximum Gasteiger partial charge on any atom is 0.415 e. The van der Waals surface area contributed by atoms with Crippen LogP contribution in [0, 0.1) is 0 Å². The van der Waals surface area contributed by atoms with Gasteiger partial charge in [0, 0.05) is 13.1 Å². The predicted octanol–water partition coefficient (Wildman–Crippen LogP) is 0.537. The maximum absolute atomic E-state index is 11.8. The minimum Gasteiger partial charge on any atom is -0.366 e. The van der Waals surface area contributed by atoms with Gasteiger partial charge in [-0.2, -0.15) is 13.2 Å². The molecule has 0 radical (unpaired) electrons. The molecule has 0 spiro atoms. The van der Waals surface area contributed by atoms with Crippen LogP contribution in [0.25, 0.3) is 0 Å². The molecule has 10 heavy (non-hydrogen) atoms. The summed E-state index contributed by atoms with van der Waals surface area (Å²) in [7, 11) is 0. The van der Waals surface area contributed by atoms with Crippen molar-refractivity contribution in [1.82, 2.24) is 5.32 Å². The Kier molecular flexibility index (Phi) is 2.15. The summed E-state index contributed by atoms with van der Waals surface area (Å²) in [5.74, 6) is 0. The van der Waals surface area contributed by atoms with Crippen LogP contribution in [0.3, 0.4) is 0 Å². The third-order valence-corrected chi connectivity index (χ3v) is 1.29. The van der Waals surface area contributed by atoms with E-state index < -0.39 is 12.3 Å². The highest BCUT2D eigenvalue weighted by Gasteiger charge is 2.41. The van der Waals surface area contributed by atoms with Crippen molar-refractivity contribution in [3.8, 4) is 0 Å². The highest BCUT2D eigenvalue weighted by molar-refractivity contribution is 4.73. The second-order valence-electron chi connectivity index (χ2n) is 2.11. The summed E-state index contributed by atoms with van der Waals surface area (Å²) in [4.78, 5) is 0. The van der Waals surface area contributed by atoms with E-state index in [4.69, 9.17) is 0 Å². The van der Waals surface area contributed by atoms with E-state index >= 15 is 0 Å². The van der Waals surface area contributed by atoms with Gasteiger partial charge in [-0.3, -0.25) is 0 Å². The van der Waals surface area contributed by atoms with Crippen molar-refractivity contribution >= 4 is 0 Å². The number of rotatable bonds is 0. The number of nitrogens with one attached hydrogen (secondary N) is 1. The average molecular weight is 155 g/mol. The molecule has 2 nitrogen and oxygen atoms in total. The van der Waals surface area contributed by atoms with E-state index in [1.807, 2.05) is 0 Å². The van der Waals surface area contributed by atoms with E-state index in [9.17, 15) is 13.2 Å². The maximum atomic E-state index is 11.8. The van der Waals surface area contributed by atoms with E-state index in [2.05, 4.69) is 10.1 Å². The molecule has 1 N–H and O–H groups in total. The Morgan fingerprint density at radius 1 is 1.40 bits per heavy atom. The predicted molar refractivity (Wildman–Crippen MR) is 28.7 cm³/mol. The fraction of sp³-hybridized carbons (Fsp3) is 1.00. The second-order valence-corrected chi connectivity index (χ2v) is 2.11. The topological polar surface area (TPSA) is 21.3 Å². The number of ether oxygens (including phenoxy) is 1. The fourth-order valence-corrected chi connectivity index (χ4v) is 0.776. The van der Waals surface area contributed by atoms with Crippen molar-refractivity contribution in [2.75, 3.05) is 19.7 Å². The van der Waals surface area contributed by atoms with E-state index in [-0.39, 0.29) is 13.2 Å². The highest BCUT2D eigenvalue weighted by atomic mass is 19.4. The molecule has 0 aromatic rings. The summed E-state index contributed by atoms with van der Waals surface area (Å²) in [5.41, 5.74) is 0. The Balaban J connectivity index is 2.39. The van der Waals surface area contributed by atoms with Crippen molar-refractivity contribution in [2.45, 2.75) is 12.3 Å². The van der Waals surface area contributed by atoms with Crippen LogP contribution in [-0.4, -0.2) is 32.0 Å². The van der Waals surface area contributed by atoms with Crippen LogP contribution >= 0.6 is 0 Å². The van der Waals surface area contributed by atoms with Crippen LogP contribution in [-0.2, 0) is 4.74 Å². The lowest BCUT2D eigenvalue weighted by atomic mass is 10.3. The zero-order valence-corrected chi connectivity index (χ0v) is 5.24. The summed E-state index contributed by atoms with van der Waals surface area (Å²) in [6, 6.07) is 0. The monoisotopic (exact) mass is 155 g/mol. The Bertz CT molecular complexity index is 108. The molecule has 0 amide bonds. The van der Waals surface area contributed by atoms with E-state index in [0.717, 1.165) is 0 Å². The molecule has 1 fully saturated rings. The first-order chi connectivity index (χ1) is 4.61. The van der Waals surface area contributed by atoms with Gasteiger partial charge in [0.05, 0.1) is 6.61 Å². The molecule has 1 saturated heterocycles. The molecule has 0 unspecified atom stereocenters. The van der Waals surface area contributed by atoms with E-state index in [1.165, 1.54) is 0 Å². The van der Waals surface area contributed by atoms with Crippen molar-refractivity contribution in [2.24, 2.45) is 0 Å². The van der Waals surface area contributed by atoms with Crippen molar-refractivity contribution in [1.29, 1.82) is 0 Å². The van der Waals surface area contributed by atoms with Crippen LogP contribution in [0.15, 0.2) is 0 Å². The summed E-state index contributed by atoms with van der Waals surface area (Å²) >= 11 is 0. The second kappa shape index (κ2) is 2.75. The van der Waals surface area contributed by atoms with Gasteiger partial charge in [0.15, 0.2) is 6.10 Å². The smallest absolute Gasteiger partial charge is 0.366 e. The first-order valence-corrected chi connectivity index (χ1v) is 3.00. The molecule has 0 bridgehead atoms. The largest absolute Gasteiger partial charge is 0.415 e. The molecule has 1 rings (SSSR count). The average Bonchev–Trinajstić information content (AvgIpc) is 1.88. The molecule has 0 saturated carbocycles. The molecule has 1 atom stereocenters. The Labute approximate surface area is 56.4 Å². The minimum atomic E-state index is -4.21. The first-order valence-electron chi connectivity index (χ1n) is 3.00. The molecule has 0 aromatic carbocycles. The van der Waals surface area contributed by atoms with Crippen LogP contribution in [0.2, 0.25) is 0 Å². The molecule has 1 aliphatic heterocycles. The lowest BCUT2D eigenvalue weighted by Crippen LogP contribution is -2.46. The molecule has 0 aromatic heterocycles. The number of halogens is 3. The van der Waals surface area contributed by atoms with E-state index in [1.54, 1.807) is 0 Å². The Morgan fingerprint density at radius 2 is 2.10 bits per heavy atom. The third-order valence-electron chi connectivity index (χ3n) is 1.29. The van der Waals surface area contributed by atoms with Gasteiger partial charge >= 0.3 is 6.18 Å². The number of morpholine rings is 1. The van der Waals surface area contributed by atoms with Gasteiger partial charge in [0.25, 0.3) is 0 Å². The zero-order chi connectivity index (χ0) is 7.61. The Morgan fingerprint density at radius 3 is 2.40 bits per heavy atom. The van der Waals surface area contributed by atoms with Crippen molar-refractivity contribution in [3.63, 3.8) is 0 Å². The molecule has 0 aliphatic carbocycles. The molecule has 60 valence electrons. The SMILES string of the molecule is FC(F)(F)[C@H]1CNCCO1. The van der Waals surface area contributed by atoms with Gasteiger partial charge < -0.3 is 10.1 Å². The standard InChI is InChI=1S/C5H8F3NO/c6-5(7,8)4-3-9-1-2-10-4/h4,9H,1-3H2/t4-/m1/s1. The minimum absolute atomic E-state index is 0.122. The number of alkyl halides is 3.